The zero-order valence-electron chi connectivity index (χ0n) is 6.03. The van der Waals surface area contributed by atoms with Crippen molar-refractivity contribution < 1.29 is 19.4 Å². The molecule has 0 aliphatic heterocycles. The normalized spacial score (nSPS) is 11.3. The third-order valence-electron chi connectivity index (χ3n) is 0.888. The molecule has 0 amide bonds. The third-order valence-corrected chi connectivity index (χ3v) is 0.888. The summed E-state index contributed by atoms with van der Waals surface area (Å²) >= 11 is 0. The van der Waals surface area contributed by atoms with Crippen molar-refractivity contribution in [3.05, 3.63) is 0 Å². The number of aliphatic carboxylic acids is 1. The van der Waals surface area contributed by atoms with E-state index >= 15 is 0 Å². The minimum Gasteiger partial charge on any atom is -0.473 e. The molecule has 0 heterocycles. The van der Waals surface area contributed by atoms with E-state index in [0.29, 0.717) is 0 Å². The van der Waals surface area contributed by atoms with Crippen LogP contribution in [0.2, 0.25) is 0 Å². The minimum absolute atomic E-state index is 0.221. The lowest BCUT2D eigenvalue weighted by Gasteiger charge is -2.06. The Morgan fingerprint density at radius 2 is 2.27 bits per heavy atom. The Morgan fingerprint density at radius 1 is 1.73 bits per heavy atom. The lowest BCUT2D eigenvalue weighted by atomic mass is 10.3. The van der Waals surface area contributed by atoms with Gasteiger partial charge in [-0.05, 0) is 6.92 Å². The number of hydrogen-bond donors (Lipinski definition) is 1. The molecule has 0 aliphatic carbocycles. The van der Waals surface area contributed by atoms with E-state index in [1.807, 2.05) is 0 Å². The summed E-state index contributed by atoms with van der Waals surface area (Å²) in [6.07, 6.45) is 4.58. The zero-order valence-corrected chi connectivity index (χ0v) is 6.03. The van der Waals surface area contributed by atoms with Crippen LogP contribution in [0, 0.1) is 12.3 Å². The van der Waals surface area contributed by atoms with Crippen molar-refractivity contribution in [2.75, 3.05) is 0 Å². The van der Waals surface area contributed by atoms with Gasteiger partial charge < -0.3 is 9.84 Å². The van der Waals surface area contributed by atoms with Gasteiger partial charge in [-0.15, -0.1) is 12.3 Å². The van der Waals surface area contributed by atoms with Crippen molar-refractivity contribution in [2.24, 2.45) is 0 Å². The predicted molar refractivity (Wildman–Crippen MR) is 36.6 cm³/mol. The molecule has 4 heteroatoms. The van der Waals surface area contributed by atoms with Crippen LogP contribution in [0.3, 0.4) is 0 Å². The van der Waals surface area contributed by atoms with E-state index in [2.05, 4.69) is 10.7 Å². The van der Waals surface area contributed by atoms with Crippen LogP contribution >= 0.6 is 0 Å². The number of esters is 1. The van der Waals surface area contributed by atoms with Gasteiger partial charge in [-0.2, -0.15) is 0 Å². The maximum Gasteiger partial charge on any atom is 0.417 e. The Labute approximate surface area is 64.2 Å². The topological polar surface area (TPSA) is 63.6 Å². The molecular weight excluding hydrogens is 148 g/mol. The highest BCUT2D eigenvalue weighted by molar-refractivity contribution is 6.28. The molecule has 0 saturated heterocycles. The van der Waals surface area contributed by atoms with Gasteiger partial charge in [0.25, 0.3) is 0 Å². The standard InChI is InChI=1S/C7H8O4/c1-3-4-5(2)11-7(10)6(8)9/h1,5H,4H2,2H3,(H,8,9). The van der Waals surface area contributed by atoms with E-state index in [9.17, 15) is 9.59 Å². The van der Waals surface area contributed by atoms with Gasteiger partial charge in [-0.3, -0.25) is 0 Å². The lowest BCUT2D eigenvalue weighted by Crippen LogP contribution is -2.21. The average Bonchev–Trinajstić information content (AvgIpc) is 1.87. The zero-order chi connectivity index (χ0) is 8.85. The SMILES string of the molecule is C#CCC(C)OC(=O)C(=O)O. The quantitative estimate of drug-likeness (QED) is 0.348. The van der Waals surface area contributed by atoms with E-state index < -0.39 is 18.0 Å². The molecule has 0 saturated carbocycles. The van der Waals surface area contributed by atoms with Crippen LogP contribution in [0.1, 0.15) is 13.3 Å². The molecule has 0 rings (SSSR count). The highest BCUT2D eigenvalue weighted by atomic mass is 16.6. The summed E-state index contributed by atoms with van der Waals surface area (Å²) in [5, 5.41) is 8.07. The molecule has 0 radical (unpaired) electrons. The first kappa shape index (κ1) is 9.50. The second kappa shape index (κ2) is 4.34. The monoisotopic (exact) mass is 156 g/mol. The molecule has 0 aromatic heterocycles. The number of carbonyl (C=O) groups is 2. The van der Waals surface area contributed by atoms with Crippen molar-refractivity contribution in [3.63, 3.8) is 0 Å². The highest BCUT2D eigenvalue weighted by Crippen LogP contribution is 1.95. The number of hydrogen-bond acceptors (Lipinski definition) is 3. The lowest BCUT2D eigenvalue weighted by molar-refractivity contribution is -0.166. The molecule has 11 heavy (non-hydrogen) atoms. The number of terminal acetylenes is 1. The summed E-state index contributed by atoms with van der Waals surface area (Å²) in [6, 6.07) is 0. The third kappa shape index (κ3) is 3.98. The number of carboxylic acid groups (broad SMARTS) is 1. The molecule has 0 aromatic rings. The molecule has 0 fully saturated rings. The van der Waals surface area contributed by atoms with E-state index in [1.165, 1.54) is 6.92 Å². The first-order valence-electron chi connectivity index (χ1n) is 2.95. The van der Waals surface area contributed by atoms with Crippen molar-refractivity contribution in [2.45, 2.75) is 19.4 Å². The van der Waals surface area contributed by atoms with E-state index in [1.54, 1.807) is 0 Å². The van der Waals surface area contributed by atoms with Crippen molar-refractivity contribution in [1.29, 1.82) is 0 Å². The van der Waals surface area contributed by atoms with E-state index in [-0.39, 0.29) is 6.42 Å². The van der Waals surface area contributed by atoms with Crippen LogP contribution in [-0.4, -0.2) is 23.1 Å². The summed E-state index contributed by atoms with van der Waals surface area (Å²) in [7, 11) is 0. The minimum atomic E-state index is -1.60. The fraction of sp³-hybridized carbons (Fsp3) is 0.429. The van der Waals surface area contributed by atoms with Crippen LogP contribution in [0.25, 0.3) is 0 Å². The highest BCUT2D eigenvalue weighted by Gasteiger charge is 2.15. The summed E-state index contributed by atoms with van der Waals surface area (Å²) < 4.78 is 4.37. The van der Waals surface area contributed by atoms with Crippen LogP contribution < -0.4 is 0 Å². The fourth-order valence-electron chi connectivity index (χ4n) is 0.441. The first-order chi connectivity index (χ1) is 5.07. The predicted octanol–water partition coefficient (Wildman–Crippen LogP) is 0.0260. The van der Waals surface area contributed by atoms with Crippen molar-refractivity contribution in [3.8, 4) is 12.3 Å². The second-order valence-corrected chi connectivity index (χ2v) is 1.93. The first-order valence-corrected chi connectivity index (χ1v) is 2.95. The average molecular weight is 156 g/mol. The number of ether oxygens (including phenoxy) is 1. The molecule has 0 spiro atoms. The molecule has 0 aromatic carbocycles. The van der Waals surface area contributed by atoms with Gasteiger partial charge >= 0.3 is 11.9 Å². The van der Waals surface area contributed by atoms with Gasteiger partial charge in [0.15, 0.2) is 0 Å². The van der Waals surface area contributed by atoms with Gasteiger partial charge in [-0.25, -0.2) is 9.59 Å². The van der Waals surface area contributed by atoms with Crippen LogP contribution in [0.5, 0.6) is 0 Å². The second-order valence-electron chi connectivity index (χ2n) is 1.93. The summed E-state index contributed by atoms with van der Waals surface area (Å²) in [4.78, 5) is 20.3. The number of carbonyl (C=O) groups excluding carboxylic acids is 1. The summed E-state index contributed by atoms with van der Waals surface area (Å²) in [5.41, 5.74) is 0. The van der Waals surface area contributed by atoms with Gasteiger partial charge in [0.05, 0.1) is 0 Å². The Hall–Kier alpha value is -1.50. The number of carboxylic acids is 1. The number of rotatable bonds is 2. The Morgan fingerprint density at radius 3 is 2.64 bits per heavy atom. The molecule has 1 unspecified atom stereocenters. The molecule has 60 valence electrons. The molecule has 0 bridgehead atoms. The van der Waals surface area contributed by atoms with Gasteiger partial charge in [-0.1, -0.05) is 0 Å². The molecule has 0 aliphatic rings. The maximum atomic E-state index is 10.3. The van der Waals surface area contributed by atoms with Crippen LogP contribution in [0.4, 0.5) is 0 Å². The largest absolute Gasteiger partial charge is 0.473 e. The maximum absolute atomic E-state index is 10.3. The van der Waals surface area contributed by atoms with E-state index in [0.717, 1.165) is 0 Å². The van der Waals surface area contributed by atoms with Crippen LogP contribution in [-0.2, 0) is 14.3 Å². The van der Waals surface area contributed by atoms with Crippen molar-refractivity contribution >= 4 is 11.9 Å². The summed E-state index contributed by atoms with van der Waals surface area (Å²) in [5.74, 6) is -0.632. The van der Waals surface area contributed by atoms with Gasteiger partial charge in [0.1, 0.15) is 6.10 Å². The fourth-order valence-corrected chi connectivity index (χ4v) is 0.441. The molecular formula is C7H8O4. The molecule has 1 atom stereocenters. The summed E-state index contributed by atoms with van der Waals surface area (Å²) in [6.45, 7) is 1.53. The molecule has 4 nitrogen and oxygen atoms in total. The van der Waals surface area contributed by atoms with Gasteiger partial charge in [0, 0.05) is 6.42 Å². The van der Waals surface area contributed by atoms with Gasteiger partial charge in [0.2, 0.25) is 0 Å². The molecule has 1 N–H and O–H groups in total. The Kier molecular flexibility index (Phi) is 3.75. The van der Waals surface area contributed by atoms with Crippen LogP contribution in [0.15, 0.2) is 0 Å². The Bertz CT molecular complexity index is 201. The Balaban J connectivity index is 3.77. The smallest absolute Gasteiger partial charge is 0.417 e. The van der Waals surface area contributed by atoms with Crippen molar-refractivity contribution in [1.82, 2.24) is 0 Å². The van der Waals surface area contributed by atoms with E-state index in [4.69, 9.17) is 11.5 Å².